The molecule has 0 N–H and O–H groups in total. The van der Waals surface area contributed by atoms with Crippen LogP contribution in [-0.2, 0) is 6.54 Å². The third-order valence-electron chi connectivity index (χ3n) is 2.06. The summed E-state index contributed by atoms with van der Waals surface area (Å²) in [5.74, 6) is 0. The summed E-state index contributed by atoms with van der Waals surface area (Å²) in [6.07, 6.45) is 8.39. The van der Waals surface area contributed by atoms with Gasteiger partial charge in [0.25, 0.3) is 0 Å². The molecule has 2 aromatic rings. The predicted octanol–water partition coefficient (Wildman–Crippen LogP) is 2.45. The molecule has 2 aromatic heterocycles. The Morgan fingerprint density at radius 1 is 1.33 bits per heavy atom. The highest BCUT2D eigenvalue weighted by Gasteiger charge is 2.06. The normalized spacial score (nSPS) is 11.6. The number of halogens is 1. The Kier molecular flexibility index (Phi) is 2.97. The van der Waals surface area contributed by atoms with Gasteiger partial charge in [0.05, 0.1) is 6.33 Å². The summed E-state index contributed by atoms with van der Waals surface area (Å²) in [4.78, 5) is 12.2. The molecule has 0 aliphatic heterocycles. The van der Waals surface area contributed by atoms with E-state index in [1.54, 1.807) is 6.33 Å². The van der Waals surface area contributed by atoms with E-state index in [0.29, 0.717) is 10.7 Å². The first kappa shape index (κ1) is 10.1. The SMILES string of the molecule is CC/C=C\Cn1cnc2c(Cl)ncnc21. The Balaban J connectivity index is 2.37. The van der Waals surface area contributed by atoms with Gasteiger partial charge in [-0.25, -0.2) is 15.0 Å². The van der Waals surface area contributed by atoms with Crippen molar-refractivity contribution in [1.29, 1.82) is 0 Å². The lowest BCUT2D eigenvalue weighted by Gasteiger charge is -1.97. The predicted molar refractivity (Wildman–Crippen MR) is 59.8 cm³/mol. The third-order valence-corrected chi connectivity index (χ3v) is 2.34. The van der Waals surface area contributed by atoms with E-state index in [1.807, 2.05) is 4.57 Å². The summed E-state index contributed by atoms with van der Waals surface area (Å²) in [5.41, 5.74) is 1.43. The number of fused-ring (bicyclic) bond motifs is 1. The zero-order valence-electron chi connectivity index (χ0n) is 8.39. The highest BCUT2D eigenvalue weighted by molar-refractivity contribution is 6.33. The third kappa shape index (κ3) is 1.99. The summed E-state index contributed by atoms with van der Waals surface area (Å²) in [6.45, 7) is 2.86. The Labute approximate surface area is 92.6 Å². The number of allylic oxidation sites excluding steroid dienone is 2. The van der Waals surface area contributed by atoms with Gasteiger partial charge >= 0.3 is 0 Å². The van der Waals surface area contributed by atoms with Gasteiger partial charge < -0.3 is 4.57 Å². The average Bonchev–Trinajstić information content (AvgIpc) is 2.64. The van der Waals surface area contributed by atoms with Crippen LogP contribution in [0, 0.1) is 0 Å². The largest absolute Gasteiger partial charge is 0.311 e. The molecule has 0 amide bonds. The van der Waals surface area contributed by atoms with Crippen molar-refractivity contribution in [3.63, 3.8) is 0 Å². The Morgan fingerprint density at radius 3 is 3.00 bits per heavy atom. The molecule has 0 saturated carbocycles. The van der Waals surface area contributed by atoms with Gasteiger partial charge in [-0.05, 0) is 6.42 Å². The molecule has 0 saturated heterocycles. The smallest absolute Gasteiger partial charge is 0.165 e. The Bertz CT molecular complexity index is 489. The second-order valence-corrected chi connectivity index (χ2v) is 3.47. The maximum Gasteiger partial charge on any atom is 0.165 e. The van der Waals surface area contributed by atoms with Crippen LogP contribution in [0.3, 0.4) is 0 Å². The van der Waals surface area contributed by atoms with Crippen LogP contribution >= 0.6 is 11.6 Å². The summed E-state index contributed by atoms with van der Waals surface area (Å²) in [5, 5.41) is 0.401. The molecule has 0 fully saturated rings. The lowest BCUT2D eigenvalue weighted by atomic mass is 10.4. The molecule has 2 rings (SSSR count). The van der Waals surface area contributed by atoms with Crippen LogP contribution in [0.2, 0.25) is 5.15 Å². The van der Waals surface area contributed by atoms with Crippen molar-refractivity contribution in [2.24, 2.45) is 0 Å². The topological polar surface area (TPSA) is 43.6 Å². The van der Waals surface area contributed by atoms with Gasteiger partial charge in [0.15, 0.2) is 10.8 Å². The number of imidazole rings is 1. The number of rotatable bonds is 3. The molecular weight excluding hydrogens is 212 g/mol. The van der Waals surface area contributed by atoms with Crippen molar-refractivity contribution in [1.82, 2.24) is 19.5 Å². The molecular formula is C10H11ClN4. The van der Waals surface area contributed by atoms with E-state index in [-0.39, 0.29) is 0 Å². The molecule has 0 aromatic carbocycles. The molecule has 2 heterocycles. The standard InChI is InChI=1S/C10H11ClN4/c1-2-3-4-5-15-7-14-8-9(11)12-6-13-10(8)15/h3-4,6-7H,2,5H2,1H3/b4-3-. The van der Waals surface area contributed by atoms with Crippen LogP contribution in [0.4, 0.5) is 0 Å². The molecule has 0 aliphatic carbocycles. The first-order valence-corrected chi connectivity index (χ1v) is 5.17. The average molecular weight is 223 g/mol. The molecule has 0 aliphatic rings. The monoisotopic (exact) mass is 222 g/mol. The van der Waals surface area contributed by atoms with E-state index in [1.165, 1.54) is 6.33 Å². The zero-order valence-corrected chi connectivity index (χ0v) is 9.15. The molecule has 0 spiro atoms. The van der Waals surface area contributed by atoms with Gasteiger partial charge in [0.2, 0.25) is 0 Å². The highest BCUT2D eigenvalue weighted by atomic mass is 35.5. The minimum atomic E-state index is 0.401. The van der Waals surface area contributed by atoms with Crippen molar-refractivity contribution in [2.45, 2.75) is 19.9 Å². The van der Waals surface area contributed by atoms with Crippen molar-refractivity contribution in [3.8, 4) is 0 Å². The second kappa shape index (κ2) is 4.40. The zero-order chi connectivity index (χ0) is 10.7. The van der Waals surface area contributed by atoms with Crippen LogP contribution in [-0.4, -0.2) is 19.5 Å². The van der Waals surface area contributed by atoms with Gasteiger partial charge in [-0.2, -0.15) is 0 Å². The van der Waals surface area contributed by atoms with Crippen molar-refractivity contribution >= 4 is 22.8 Å². The number of hydrogen-bond donors (Lipinski definition) is 0. The van der Waals surface area contributed by atoms with E-state index in [2.05, 4.69) is 34.0 Å². The summed E-state index contributed by atoms with van der Waals surface area (Å²) in [6, 6.07) is 0. The van der Waals surface area contributed by atoms with Gasteiger partial charge in [-0.1, -0.05) is 30.7 Å². The van der Waals surface area contributed by atoms with E-state index in [9.17, 15) is 0 Å². The van der Waals surface area contributed by atoms with Crippen molar-refractivity contribution in [3.05, 3.63) is 30.0 Å². The van der Waals surface area contributed by atoms with Gasteiger partial charge in [-0.15, -0.1) is 0 Å². The number of nitrogens with zero attached hydrogens (tertiary/aromatic N) is 4. The second-order valence-electron chi connectivity index (χ2n) is 3.11. The lowest BCUT2D eigenvalue weighted by Crippen LogP contribution is -1.94. The quantitative estimate of drug-likeness (QED) is 0.592. The maximum absolute atomic E-state index is 5.89. The van der Waals surface area contributed by atoms with E-state index in [4.69, 9.17) is 11.6 Å². The van der Waals surface area contributed by atoms with Crippen LogP contribution < -0.4 is 0 Å². The number of hydrogen-bond acceptors (Lipinski definition) is 3. The molecule has 0 radical (unpaired) electrons. The van der Waals surface area contributed by atoms with E-state index in [0.717, 1.165) is 18.6 Å². The molecule has 0 bridgehead atoms. The van der Waals surface area contributed by atoms with Crippen LogP contribution in [0.15, 0.2) is 24.8 Å². The van der Waals surface area contributed by atoms with Crippen LogP contribution in [0.25, 0.3) is 11.2 Å². The van der Waals surface area contributed by atoms with Crippen LogP contribution in [0.5, 0.6) is 0 Å². The number of aromatic nitrogens is 4. The molecule has 4 nitrogen and oxygen atoms in total. The minimum absolute atomic E-state index is 0.401. The van der Waals surface area contributed by atoms with Crippen LogP contribution in [0.1, 0.15) is 13.3 Å². The molecule has 0 unspecified atom stereocenters. The Morgan fingerprint density at radius 2 is 2.20 bits per heavy atom. The molecule has 0 atom stereocenters. The molecule has 78 valence electrons. The van der Waals surface area contributed by atoms with Gasteiger partial charge in [0.1, 0.15) is 11.8 Å². The van der Waals surface area contributed by atoms with Gasteiger partial charge in [0, 0.05) is 6.54 Å². The highest BCUT2D eigenvalue weighted by Crippen LogP contribution is 2.16. The fourth-order valence-corrected chi connectivity index (χ4v) is 1.52. The maximum atomic E-state index is 5.89. The van der Waals surface area contributed by atoms with E-state index >= 15 is 0 Å². The van der Waals surface area contributed by atoms with Gasteiger partial charge in [-0.3, -0.25) is 0 Å². The summed E-state index contributed by atoms with van der Waals surface area (Å²) >= 11 is 5.89. The fourth-order valence-electron chi connectivity index (χ4n) is 1.34. The van der Waals surface area contributed by atoms with Crippen molar-refractivity contribution < 1.29 is 0 Å². The van der Waals surface area contributed by atoms with E-state index < -0.39 is 0 Å². The first-order chi connectivity index (χ1) is 7.33. The summed E-state index contributed by atoms with van der Waals surface area (Å²) < 4.78 is 1.94. The first-order valence-electron chi connectivity index (χ1n) is 4.79. The lowest BCUT2D eigenvalue weighted by molar-refractivity contribution is 0.833. The Hall–Kier alpha value is -1.42. The van der Waals surface area contributed by atoms with Crippen molar-refractivity contribution in [2.75, 3.05) is 0 Å². The molecule has 5 heteroatoms. The summed E-state index contributed by atoms with van der Waals surface area (Å²) in [7, 11) is 0. The minimum Gasteiger partial charge on any atom is -0.311 e. The fraction of sp³-hybridized carbons (Fsp3) is 0.300. The molecule has 15 heavy (non-hydrogen) atoms.